The molecule has 1 aliphatic rings. The molecule has 0 spiro atoms. The summed E-state index contributed by atoms with van der Waals surface area (Å²) in [5.41, 5.74) is 0.589. The van der Waals surface area contributed by atoms with Crippen molar-refractivity contribution in [2.75, 3.05) is 37.6 Å². The lowest BCUT2D eigenvalue weighted by atomic mass is 10.2. The van der Waals surface area contributed by atoms with Gasteiger partial charge < -0.3 is 10.0 Å². The van der Waals surface area contributed by atoms with E-state index in [4.69, 9.17) is 5.11 Å². The number of carboxylic acids is 1. The van der Waals surface area contributed by atoms with Gasteiger partial charge in [-0.2, -0.15) is 0 Å². The van der Waals surface area contributed by atoms with Crippen molar-refractivity contribution in [2.24, 2.45) is 0 Å². The number of carbonyl (C=O) groups is 1. The Morgan fingerprint density at radius 2 is 2.10 bits per heavy atom. The molecule has 2 rings (SSSR count). The van der Waals surface area contributed by atoms with Crippen LogP contribution >= 0.6 is 0 Å². The number of anilines is 1. The molecular formula is C12H16N4O4. The minimum Gasteiger partial charge on any atom is -0.480 e. The smallest absolute Gasteiger partial charge is 0.317 e. The maximum absolute atomic E-state index is 10.7. The summed E-state index contributed by atoms with van der Waals surface area (Å²) in [7, 11) is 0. The molecule has 0 aromatic carbocycles. The number of hydrogen-bond acceptors (Lipinski definition) is 6. The van der Waals surface area contributed by atoms with E-state index in [1.807, 2.05) is 9.80 Å². The molecule has 0 unspecified atom stereocenters. The molecular weight excluding hydrogens is 264 g/mol. The first-order chi connectivity index (χ1) is 9.47. The molecule has 1 fully saturated rings. The molecule has 8 nitrogen and oxygen atoms in total. The first-order valence-electron chi connectivity index (χ1n) is 6.27. The number of aryl methyl sites for hydroxylation is 1. The average Bonchev–Trinajstić information content (AvgIpc) is 2.38. The minimum atomic E-state index is -0.831. The molecule has 0 bridgehead atoms. The van der Waals surface area contributed by atoms with Crippen molar-refractivity contribution < 1.29 is 14.8 Å². The van der Waals surface area contributed by atoms with Gasteiger partial charge in [-0.25, -0.2) is 4.98 Å². The van der Waals surface area contributed by atoms with Gasteiger partial charge in [-0.1, -0.05) is 0 Å². The van der Waals surface area contributed by atoms with Gasteiger partial charge in [0.1, 0.15) is 12.0 Å². The quantitative estimate of drug-likeness (QED) is 0.633. The van der Waals surface area contributed by atoms with Crippen LogP contribution in [0.5, 0.6) is 0 Å². The zero-order valence-electron chi connectivity index (χ0n) is 11.2. The maximum Gasteiger partial charge on any atom is 0.317 e. The van der Waals surface area contributed by atoms with E-state index in [0.29, 0.717) is 37.6 Å². The number of nitro groups is 1. The molecule has 0 radical (unpaired) electrons. The molecule has 1 aliphatic heterocycles. The number of piperazine rings is 1. The number of pyridine rings is 1. The van der Waals surface area contributed by atoms with E-state index in [9.17, 15) is 14.9 Å². The second-order valence-corrected chi connectivity index (χ2v) is 4.74. The predicted molar refractivity (Wildman–Crippen MR) is 71.9 cm³/mol. The summed E-state index contributed by atoms with van der Waals surface area (Å²) in [6, 6.07) is 1.70. The second-order valence-electron chi connectivity index (χ2n) is 4.74. The van der Waals surface area contributed by atoms with Crippen LogP contribution in [0.25, 0.3) is 0 Å². The molecule has 0 atom stereocenters. The summed E-state index contributed by atoms with van der Waals surface area (Å²) in [6.07, 6.45) is 1.27. The molecule has 2 heterocycles. The van der Waals surface area contributed by atoms with E-state index in [1.165, 1.54) is 6.20 Å². The molecule has 0 amide bonds. The van der Waals surface area contributed by atoms with E-state index in [-0.39, 0.29) is 12.2 Å². The summed E-state index contributed by atoms with van der Waals surface area (Å²) in [6.45, 7) is 4.34. The average molecular weight is 280 g/mol. The van der Waals surface area contributed by atoms with Gasteiger partial charge in [0.25, 0.3) is 5.69 Å². The van der Waals surface area contributed by atoms with Crippen LogP contribution in [0.15, 0.2) is 12.3 Å². The summed E-state index contributed by atoms with van der Waals surface area (Å²) >= 11 is 0. The Hall–Kier alpha value is -2.22. The Labute approximate surface area is 115 Å². The van der Waals surface area contributed by atoms with E-state index in [1.54, 1.807) is 13.0 Å². The molecule has 8 heteroatoms. The number of aromatic nitrogens is 1. The van der Waals surface area contributed by atoms with Crippen molar-refractivity contribution in [1.82, 2.24) is 9.88 Å². The number of aliphatic carboxylic acids is 1. The van der Waals surface area contributed by atoms with Crippen LogP contribution in [0, 0.1) is 17.0 Å². The molecule has 108 valence electrons. The van der Waals surface area contributed by atoms with E-state index in [0.717, 1.165) is 0 Å². The van der Waals surface area contributed by atoms with Crippen LogP contribution in [0.1, 0.15) is 5.56 Å². The zero-order chi connectivity index (χ0) is 14.7. The normalized spacial score (nSPS) is 16.1. The van der Waals surface area contributed by atoms with Crippen LogP contribution in [0.4, 0.5) is 11.5 Å². The third-order valence-corrected chi connectivity index (χ3v) is 3.32. The fourth-order valence-corrected chi connectivity index (χ4v) is 2.22. The van der Waals surface area contributed by atoms with Crippen molar-refractivity contribution in [3.8, 4) is 0 Å². The highest BCUT2D eigenvalue weighted by Crippen LogP contribution is 2.22. The monoisotopic (exact) mass is 280 g/mol. The summed E-state index contributed by atoms with van der Waals surface area (Å²) in [5.74, 6) is -0.133. The predicted octanol–water partition coefficient (Wildman–Crippen LogP) is 0.505. The van der Waals surface area contributed by atoms with Crippen LogP contribution < -0.4 is 4.90 Å². The molecule has 1 aromatic heterocycles. The Bertz CT molecular complexity index is 526. The Balaban J connectivity index is 2.02. The van der Waals surface area contributed by atoms with Crippen molar-refractivity contribution >= 4 is 17.5 Å². The highest BCUT2D eigenvalue weighted by molar-refractivity contribution is 5.69. The van der Waals surface area contributed by atoms with Crippen molar-refractivity contribution in [3.63, 3.8) is 0 Å². The minimum absolute atomic E-state index is 0.0123. The lowest BCUT2D eigenvalue weighted by molar-refractivity contribution is -0.385. The van der Waals surface area contributed by atoms with Gasteiger partial charge >= 0.3 is 5.97 Å². The second kappa shape index (κ2) is 5.83. The highest BCUT2D eigenvalue weighted by Gasteiger charge is 2.21. The molecule has 0 aliphatic carbocycles. The first kappa shape index (κ1) is 14.2. The SMILES string of the molecule is Cc1cc(N2CCN(CC(=O)O)CC2)ncc1[N+](=O)[O-]. The van der Waals surface area contributed by atoms with Crippen molar-refractivity contribution in [2.45, 2.75) is 6.92 Å². The third-order valence-electron chi connectivity index (χ3n) is 3.32. The molecule has 20 heavy (non-hydrogen) atoms. The topological polar surface area (TPSA) is 99.8 Å². The van der Waals surface area contributed by atoms with Crippen molar-refractivity contribution in [3.05, 3.63) is 27.9 Å². The standard InChI is InChI=1S/C12H16N4O4/c1-9-6-11(13-7-10(9)16(19)20)15-4-2-14(3-5-15)8-12(17)18/h6-7H,2-5,8H2,1H3,(H,17,18). The molecule has 1 N–H and O–H groups in total. The van der Waals surface area contributed by atoms with Crippen LogP contribution in [-0.4, -0.2) is 58.6 Å². The van der Waals surface area contributed by atoms with E-state index >= 15 is 0 Å². The molecule has 0 saturated carbocycles. The fourth-order valence-electron chi connectivity index (χ4n) is 2.22. The van der Waals surface area contributed by atoms with Crippen molar-refractivity contribution in [1.29, 1.82) is 0 Å². The van der Waals surface area contributed by atoms with Gasteiger partial charge in [0.05, 0.1) is 11.5 Å². The maximum atomic E-state index is 10.7. The number of rotatable bonds is 4. The van der Waals surface area contributed by atoms with Crippen LogP contribution in [0.3, 0.4) is 0 Å². The van der Waals surface area contributed by atoms with Crippen LogP contribution in [-0.2, 0) is 4.79 Å². The molecule has 1 saturated heterocycles. The Morgan fingerprint density at radius 1 is 1.45 bits per heavy atom. The van der Waals surface area contributed by atoms with E-state index < -0.39 is 10.9 Å². The Morgan fingerprint density at radius 3 is 2.60 bits per heavy atom. The summed E-state index contributed by atoms with van der Waals surface area (Å²) in [4.78, 5) is 28.9. The highest BCUT2D eigenvalue weighted by atomic mass is 16.6. The fraction of sp³-hybridized carbons (Fsp3) is 0.500. The van der Waals surface area contributed by atoms with Gasteiger partial charge in [-0.3, -0.25) is 19.8 Å². The van der Waals surface area contributed by atoms with Gasteiger partial charge in [0.15, 0.2) is 0 Å². The summed E-state index contributed by atoms with van der Waals surface area (Å²) in [5, 5.41) is 19.5. The number of nitrogens with zero attached hydrogens (tertiary/aromatic N) is 4. The van der Waals surface area contributed by atoms with Gasteiger partial charge in [-0.15, -0.1) is 0 Å². The number of carboxylic acid groups (broad SMARTS) is 1. The molecule has 1 aromatic rings. The summed E-state index contributed by atoms with van der Waals surface area (Å²) < 4.78 is 0. The third kappa shape index (κ3) is 3.21. The Kier molecular flexibility index (Phi) is 4.14. The van der Waals surface area contributed by atoms with E-state index in [2.05, 4.69) is 4.98 Å². The van der Waals surface area contributed by atoms with Gasteiger partial charge in [-0.05, 0) is 13.0 Å². The lowest BCUT2D eigenvalue weighted by Crippen LogP contribution is -2.48. The number of hydrogen-bond donors (Lipinski definition) is 1. The lowest BCUT2D eigenvalue weighted by Gasteiger charge is -2.34. The largest absolute Gasteiger partial charge is 0.480 e. The van der Waals surface area contributed by atoms with Crippen LogP contribution in [0.2, 0.25) is 0 Å². The van der Waals surface area contributed by atoms with Gasteiger partial charge in [0, 0.05) is 31.7 Å². The van der Waals surface area contributed by atoms with Gasteiger partial charge in [0.2, 0.25) is 0 Å². The zero-order valence-corrected chi connectivity index (χ0v) is 11.2. The first-order valence-corrected chi connectivity index (χ1v) is 6.27.